The van der Waals surface area contributed by atoms with Crippen LogP contribution in [0.15, 0.2) is 10.4 Å². The number of thiazole rings is 1. The molecular weight excluding hydrogens is 250 g/mol. The molecule has 0 atom stereocenters. The van der Waals surface area contributed by atoms with E-state index in [9.17, 15) is 14.1 Å². The molecule has 0 bridgehead atoms. The van der Waals surface area contributed by atoms with Crippen LogP contribution in [0.1, 0.15) is 25.8 Å². The van der Waals surface area contributed by atoms with Gasteiger partial charge in [-0.1, -0.05) is 0 Å². The first-order chi connectivity index (χ1) is 7.13. The third-order valence-corrected chi connectivity index (χ3v) is 5.29. The van der Waals surface area contributed by atoms with Crippen molar-refractivity contribution in [3.63, 3.8) is 0 Å². The second-order valence-electron chi connectivity index (χ2n) is 3.89. The van der Waals surface area contributed by atoms with E-state index in [1.165, 1.54) is 13.1 Å². The van der Waals surface area contributed by atoms with Crippen LogP contribution < -0.4 is 9.86 Å². The molecule has 0 saturated heterocycles. The summed E-state index contributed by atoms with van der Waals surface area (Å²) in [6.45, 7) is 4.36. The minimum Gasteiger partial charge on any atom is -0.383 e. The Hall–Kier alpha value is -0.830. The quantitative estimate of drug-likeness (QED) is 0.562. The maximum atomic E-state index is 11.9. The number of hydrogen-bond acceptors (Lipinski definition) is 5. The Labute approximate surface area is 98.6 Å². The van der Waals surface area contributed by atoms with Gasteiger partial charge in [-0.15, -0.1) is 11.3 Å². The maximum Gasteiger partial charge on any atom is 0.228 e. The van der Waals surface area contributed by atoms with Crippen molar-refractivity contribution < 1.29 is 14.1 Å². The zero-order valence-electron chi connectivity index (χ0n) is 9.22. The van der Waals surface area contributed by atoms with Gasteiger partial charge in [-0.2, -0.15) is 0 Å². The van der Waals surface area contributed by atoms with Crippen LogP contribution in [0.3, 0.4) is 0 Å². The molecule has 0 spiro atoms. The highest BCUT2D eigenvalue weighted by atomic mass is 32.3. The van der Waals surface area contributed by atoms with E-state index < -0.39 is 21.8 Å². The number of carbonyl (C=O) groups is 1. The highest BCUT2D eigenvalue weighted by Gasteiger charge is 2.24. The number of aliphatic hydroxyl groups is 1. The molecular formula is C8H15N3O3S2. The van der Waals surface area contributed by atoms with Crippen molar-refractivity contribution in [3.05, 3.63) is 11.2 Å². The molecule has 0 saturated carbocycles. The molecule has 1 aromatic heterocycles. The number of hydrogen-bond donors (Lipinski definition) is 4. The molecule has 16 heavy (non-hydrogen) atoms. The van der Waals surface area contributed by atoms with E-state index in [1.807, 2.05) is 0 Å². The summed E-state index contributed by atoms with van der Waals surface area (Å²) in [6.07, 6.45) is 1.31. The number of rotatable bonds is 3. The van der Waals surface area contributed by atoms with Crippen LogP contribution in [-0.4, -0.2) is 20.2 Å². The van der Waals surface area contributed by atoms with E-state index >= 15 is 0 Å². The molecule has 1 amide bonds. The number of nitrogens with two attached hydrogens (primary N) is 1. The number of nitrogens with zero attached hydrogens (tertiary/aromatic N) is 1. The highest BCUT2D eigenvalue weighted by molar-refractivity contribution is 8.01. The molecule has 1 heterocycles. The fourth-order valence-corrected chi connectivity index (χ4v) is 3.40. The van der Waals surface area contributed by atoms with Gasteiger partial charge in [0.25, 0.3) is 0 Å². The predicted molar refractivity (Wildman–Crippen MR) is 63.2 cm³/mol. The first kappa shape index (κ1) is 13.2. The van der Waals surface area contributed by atoms with Gasteiger partial charge in [0.15, 0.2) is 0 Å². The molecule has 0 aliphatic carbocycles. The van der Waals surface area contributed by atoms with Gasteiger partial charge >= 0.3 is 0 Å². The molecule has 0 aliphatic heterocycles. The molecule has 6 nitrogen and oxygen atoms in total. The Balaban J connectivity index is 3.02. The first-order valence-corrected chi connectivity index (χ1v) is 7.09. The molecule has 8 heteroatoms. The lowest BCUT2D eigenvalue weighted by molar-refractivity contribution is -0.117. The largest absolute Gasteiger partial charge is 0.383 e. The fraction of sp³-hybridized carbons (Fsp3) is 0.500. The number of nitrogens with one attached hydrogen (secondary N) is 1. The number of thiol groups is 1. The standard InChI is InChI=1S/C8H15N3O3S2/c1-5(12)11-16(9,14)6-4-10-7(15-6)8(2,3)13/h4,13,16H,1-3H3,(H3,9,11,12,14). The third-order valence-electron chi connectivity index (χ3n) is 1.67. The molecule has 0 unspecified atom stereocenters. The van der Waals surface area contributed by atoms with Gasteiger partial charge in [0.1, 0.15) is 14.8 Å². The van der Waals surface area contributed by atoms with E-state index in [0.29, 0.717) is 5.01 Å². The normalized spacial score (nSPS) is 13.6. The molecule has 0 aliphatic rings. The van der Waals surface area contributed by atoms with Crippen LogP contribution in [0.2, 0.25) is 0 Å². The van der Waals surface area contributed by atoms with E-state index in [0.717, 1.165) is 11.3 Å². The Morgan fingerprint density at radius 3 is 2.62 bits per heavy atom. The summed E-state index contributed by atoms with van der Waals surface area (Å²) in [5, 5.41) is 15.6. The van der Waals surface area contributed by atoms with Gasteiger partial charge in [-0.25, -0.2) is 9.19 Å². The molecule has 4 N–H and O–H groups in total. The summed E-state index contributed by atoms with van der Waals surface area (Å²) in [7, 11) is -3.40. The Morgan fingerprint density at radius 2 is 2.25 bits per heavy atom. The summed E-state index contributed by atoms with van der Waals surface area (Å²) in [6, 6.07) is 0. The molecule has 0 fully saturated rings. The molecule has 1 rings (SSSR count). The molecule has 1 aromatic rings. The first-order valence-electron chi connectivity index (χ1n) is 4.49. The monoisotopic (exact) mass is 265 g/mol. The number of carbonyl (C=O) groups excluding carboxylic acids is 1. The van der Waals surface area contributed by atoms with Gasteiger partial charge in [-0.3, -0.25) is 14.7 Å². The number of aromatic nitrogens is 1. The van der Waals surface area contributed by atoms with E-state index in [-0.39, 0.29) is 4.21 Å². The predicted octanol–water partition coefficient (Wildman–Crippen LogP) is -0.329. The number of amides is 1. The Kier molecular flexibility index (Phi) is 3.48. The van der Waals surface area contributed by atoms with Gasteiger partial charge in [0, 0.05) is 17.2 Å². The smallest absolute Gasteiger partial charge is 0.228 e. The van der Waals surface area contributed by atoms with Crippen molar-refractivity contribution in [2.24, 2.45) is 5.14 Å². The summed E-state index contributed by atoms with van der Waals surface area (Å²) in [5.74, 6) is -0.468. The minimum absolute atomic E-state index is 0.264. The van der Waals surface area contributed by atoms with Gasteiger partial charge in [-0.05, 0) is 13.8 Å². The van der Waals surface area contributed by atoms with Gasteiger partial charge in [0.2, 0.25) is 5.91 Å². The molecule has 92 valence electrons. The van der Waals surface area contributed by atoms with Crippen molar-refractivity contribution in [1.82, 2.24) is 9.71 Å². The van der Waals surface area contributed by atoms with Crippen LogP contribution in [0, 0.1) is 0 Å². The van der Waals surface area contributed by atoms with Crippen molar-refractivity contribution in [2.75, 3.05) is 0 Å². The van der Waals surface area contributed by atoms with Crippen molar-refractivity contribution in [2.45, 2.75) is 30.6 Å². The summed E-state index contributed by atoms with van der Waals surface area (Å²) in [5.41, 5.74) is -1.11. The van der Waals surface area contributed by atoms with E-state index in [2.05, 4.69) is 9.71 Å². The molecule has 0 radical (unpaired) electrons. The van der Waals surface area contributed by atoms with Gasteiger partial charge < -0.3 is 5.11 Å². The lowest BCUT2D eigenvalue weighted by atomic mass is 10.2. The average Bonchev–Trinajstić information content (AvgIpc) is 2.47. The van der Waals surface area contributed by atoms with Crippen LogP contribution in [0.4, 0.5) is 0 Å². The third kappa shape index (κ3) is 3.08. The van der Waals surface area contributed by atoms with Crippen molar-refractivity contribution >= 4 is 27.5 Å². The van der Waals surface area contributed by atoms with Crippen LogP contribution in [0.25, 0.3) is 0 Å². The topological polar surface area (TPSA) is 105 Å². The maximum absolute atomic E-state index is 11.9. The fourth-order valence-electron chi connectivity index (χ4n) is 0.991. The van der Waals surface area contributed by atoms with Crippen LogP contribution >= 0.6 is 11.3 Å². The summed E-state index contributed by atoms with van der Waals surface area (Å²) < 4.78 is 14.3. The SMILES string of the molecule is CC(=O)N[SH](N)(=O)c1cnc(C(C)(C)O)s1. The van der Waals surface area contributed by atoms with Crippen molar-refractivity contribution in [3.8, 4) is 0 Å². The second-order valence-corrected chi connectivity index (χ2v) is 7.24. The average molecular weight is 265 g/mol. The van der Waals surface area contributed by atoms with E-state index in [4.69, 9.17) is 5.14 Å². The van der Waals surface area contributed by atoms with Crippen LogP contribution in [-0.2, 0) is 20.7 Å². The lowest BCUT2D eigenvalue weighted by Gasteiger charge is -2.17. The summed E-state index contributed by atoms with van der Waals surface area (Å²) >= 11 is 1.02. The zero-order valence-corrected chi connectivity index (χ0v) is 10.9. The van der Waals surface area contributed by atoms with Crippen molar-refractivity contribution in [1.29, 1.82) is 0 Å². The minimum atomic E-state index is -3.40. The summed E-state index contributed by atoms with van der Waals surface area (Å²) in [4.78, 5) is 14.7. The second kappa shape index (κ2) is 4.21. The van der Waals surface area contributed by atoms with E-state index in [1.54, 1.807) is 13.8 Å². The highest BCUT2D eigenvalue weighted by Crippen LogP contribution is 2.28. The van der Waals surface area contributed by atoms with Crippen LogP contribution in [0.5, 0.6) is 0 Å². The molecule has 0 aromatic carbocycles. The lowest BCUT2D eigenvalue weighted by Crippen LogP contribution is -2.41. The Bertz CT molecular complexity index is 450. The zero-order chi connectivity index (χ0) is 12.6. The van der Waals surface area contributed by atoms with Gasteiger partial charge in [0.05, 0.1) is 6.20 Å². The Morgan fingerprint density at radius 1 is 1.69 bits per heavy atom.